The number of amides is 2. The fourth-order valence-corrected chi connectivity index (χ4v) is 13.5. The molecule has 6 rings (SSSR count). The third kappa shape index (κ3) is 21.0. The largest absolute Gasteiger partial charge is 0.462 e. The topological polar surface area (TPSA) is 160 Å². The molecule has 0 spiro atoms. The summed E-state index contributed by atoms with van der Waals surface area (Å²) in [5, 5.41) is 18.0. The number of methoxy groups -OCH3 is 1. The summed E-state index contributed by atoms with van der Waals surface area (Å²) in [5.41, 5.74) is 4.62. The van der Waals surface area contributed by atoms with Crippen molar-refractivity contribution in [2.45, 2.75) is 215 Å². The summed E-state index contributed by atoms with van der Waals surface area (Å²) >= 11 is 0. The second-order valence-corrected chi connectivity index (χ2v) is 26.7. The van der Waals surface area contributed by atoms with Crippen molar-refractivity contribution in [2.24, 2.45) is 59.2 Å². The number of carbonyl (C=O) groups excluding carboxylic acids is 3. The van der Waals surface area contributed by atoms with E-state index in [0.29, 0.717) is 49.9 Å². The summed E-state index contributed by atoms with van der Waals surface area (Å²) in [6, 6.07) is 15.8. The number of nitrogens with one attached hydrogen (secondary N) is 2. The lowest BCUT2D eigenvalue weighted by molar-refractivity contribution is -0.299. The molecule has 2 aromatic carbocycles. The van der Waals surface area contributed by atoms with E-state index in [9.17, 15) is 19.5 Å². The monoisotopic (exact) mass is 1200 g/mol. The zero-order chi connectivity index (χ0) is 63.4. The third-order valence-corrected chi connectivity index (χ3v) is 19.1. The highest BCUT2D eigenvalue weighted by Gasteiger charge is 2.49. The van der Waals surface area contributed by atoms with E-state index in [1.165, 1.54) is 0 Å². The van der Waals surface area contributed by atoms with Crippen molar-refractivity contribution < 1.29 is 52.6 Å². The van der Waals surface area contributed by atoms with Gasteiger partial charge in [0.25, 0.3) is 0 Å². The van der Waals surface area contributed by atoms with E-state index in [1.54, 1.807) is 7.11 Å². The Kier molecular flexibility index (Phi) is 27.9. The Morgan fingerprint density at radius 2 is 1.20 bits per heavy atom. The molecule has 87 heavy (non-hydrogen) atoms. The Morgan fingerprint density at radius 1 is 0.621 bits per heavy atom. The number of esters is 1. The van der Waals surface area contributed by atoms with Crippen LogP contribution in [0.2, 0.25) is 0 Å². The van der Waals surface area contributed by atoms with Crippen molar-refractivity contribution in [2.75, 3.05) is 13.7 Å². The molecule has 3 aliphatic heterocycles. The highest BCUT2D eigenvalue weighted by atomic mass is 16.7. The summed E-state index contributed by atoms with van der Waals surface area (Å²) in [6.45, 7) is 29.3. The Bertz CT molecular complexity index is 2650. The minimum absolute atomic E-state index is 0.00611. The first-order valence-corrected chi connectivity index (χ1v) is 32.7. The first-order valence-electron chi connectivity index (χ1n) is 32.7. The van der Waals surface area contributed by atoms with Crippen LogP contribution in [0.25, 0.3) is 11.1 Å². The number of benzene rings is 2. The van der Waals surface area contributed by atoms with Crippen molar-refractivity contribution in [3.05, 3.63) is 145 Å². The molecule has 2 saturated heterocycles. The van der Waals surface area contributed by atoms with Crippen LogP contribution in [0.5, 0.6) is 0 Å². The molecule has 13 nitrogen and oxygen atoms in total. The summed E-state index contributed by atoms with van der Waals surface area (Å²) in [7, 11) is 1.69. The van der Waals surface area contributed by atoms with Gasteiger partial charge in [-0.3, -0.25) is 4.79 Å². The molecule has 1 aliphatic carbocycles. The SMILES string of the molecule is CO[C@]12C[C@@H](C)C[C@@H](C)[C@H](O)CC[C@@H](C)C[C@@H](C)CC(=O)O[C@@H](C)[C@H](C)[C@H](C)[C@@H](C)/C=C/C=C/C=C/C=C/C=C/C=C/C=C/[C@H](OC3OC(C)C(C)C(NC(=O)OCC4c5ccccc5-c5ccccc54)C3C)C[C@H](O1)[C@H](NC(=O)OC(C)C)[C@@H](C)C2. The molecule has 3 N–H and O–H groups in total. The minimum atomic E-state index is -1.02. The molecule has 2 fully saturated rings. The lowest BCUT2D eigenvalue weighted by atomic mass is 9.79. The zero-order valence-electron chi connectivity index (χ0n) is 55.1. The molecule has 3 heterocycles. The van der Waals surface area contributed by atoms with Gasteiger partial charge >= 0.3 is 18.2 Å². The number of aliphatic hydroxyl groups is 1. The van der Waals surface area contributed by atoms with Gasteiger partial charge in [0.15, 0.2) is 12.1 Å². The number of hydrogen-bond donors (Lipinski definition) is 3. The van der Waals surface area contributed by atoms with E-state index in [-0.39, 0.29) is 84.3 Å². The first-order chi connectivity index (χ1) is 41.5. The number of carbonyl (C=O) groups is 3. The van der Waals surface area contributed by atoms with Crippen molar-refractivity contribution >= 4 is 18.2 Å². The number of allylic oxidation sites excluding steroid dienone is 13. The van der Waals surface area contributed by atoms with E-state index in [4.69, 9.17) is 33.2 Å². The summed E-state index contributed by atoms with van der Waals surface area (Å²) in [4.78, 5) is 40.7. The van der Waals surface area contributed by atoms with Crippen LogP contribution in [-0.2, 0) is 38.0 Å². The number of cyclic esters (lactones) is 1. The molecule has 0 radical (unpaired) electrons. The van der Waals surface area contributed by atoms with Crippen LogP contribution in [0.15, 0.2) is 134 Å². The van der Waals surface area contributed by atoms with Crippen LogP contribution >= 0.6 is 0 Å². The van der Waals surface area contributed by atoms with Gasteiger partial charge < -0.3 is 48.9 Å². The third-order valence-electron chi connectivity index (χ3n) is 19.1. The van der Waals surface area contributed by atoms with E-state index < -0.39 is 48.6 Å². The fourth-order valence-electron chi connectivity index (χ4n) is 13.5. The number of aliphatic hydroxyl groups excluding tert-OH is 1. The van der Waals surface area contributed by atoms with Crippen LogP contribution in [0, 0.1) is 59.2 Å². The predicted octanol–water partition coefficient (Wildman–Crippen LogP) is 15.9. The maximum absolute atomic E-state index is 13.9. The average molecular weight is 1200 g/mol. The maximum atomic E-state index is 13.9. The van der Waals surface area contributed by atoms with Gasteiger partial charge in [-0.2, -0.15) is 0 Å². The molecule has 480 valence electrons. The van der Waals surface area contributed by atoms with E-state index >= 15 is 0 Å². The quantitative estimate of drug-likeness (QED) is 0.170. The fraction of sp³-hybridized carbons (Fsp3) is 0.608. The lowest BCUT2D eigenvalue weighted by Crippen LogP contribution is -2.60. The minimum Gasteiger partial charge on any atom is -0.462 e. The molecule has 0 saturated carbocycles. The molecule has 4 aliphatic rings. The molecular formula is C74H108N2O11. The van der Waals surface area contributed by atoms with Gasteiger partial charge in [-0.1, -0.05) is 203 Å². The van der Waals surface area contributed by atoms with Gasteiger partial charge in [-0.25, -0.2) is 9.59 Å². The van der Waals surface area contributed by atoms with Crippen LogP contribution in [0.1, 0.15) is 165 Å². The van der Waals surface area contributed by atoms with Crippen molar-refractivity contribution in [1.29, 1.82) is 0 Å². The van der Waals surface area contributed by atoms with Gasteiger partial charge in [-0.05, 0) is 123 Å². The summed E-state index contributed by atoms with van der Waals surface area (Å²) < 4.78 is 45.3. The highest BCUT2D eigenvalue weighted by Crippen LogP contribution is 2.45. The van der Waals surface area contributed by atoms with Gasteiger partial charge in [-0.15, -0.1) is 0 Å². The molecule has 13 heteroatoms. The summed E-state index contributed by atoms with van der Waals surface area (Å²) in [6.07, 6.45) is 28.5. The number of rotatable bonds is 8. The number of fused-ring (bicyclic) bond motifs is 5. The van der Waals surface area contributed by atoms with Crippen LogP contribution in [-0.4, -0.2) is 97.8 Å². The zero-order valence-corrected chi connectivity index (χ0v) is 55.1. The lowest BCUT2D eigenvalue weighted by Gasteiger charge is -2.49. The highest BCUT2D eigenvalue weighted by molar-refractivity contribution is 5.79. The molecule has 2 aromatic rings. The predicted molar refractivity (Wildman–Crippen MR) is 348 cm³/mol. The molecule has 2 amide bonds. The first kappa shape index (κ1) is 70.5. The summed E-state index contributed by atoms with van der Waals surface area (Å²) in [5.74, 6) is -0.394. The van der Waals surface area contributed by atoms with E-state index in [0.717, 1.165) is 41.5 Å². The Hall–Kier alpha value is -5.57. The van der Waals surface area contributed by atoms with Gasteiger partial charge in [0.1, 0.15) is 12.7 Å². The average Bonchev–Trinajstić information content (AvgIpc) is 2.97. The van der Waals surface area contributed by atoms with E-state index in [2.05, 4.69) is 109 Å². The van der Waals surface area contributed by atoms with Crippen molar-refractivity contribution in [3.63, 3.8) is 0 Å². The number of alkyl carbamates (subject to hydrolysis) is 2. The Morgan fingerprint density at radius 3 is 1.79 bits per heavy atom. The Balaban J connectivity index is 1.24. The Labute approximate surface area is 522 Å². The smallest absolute Gasteiger partial charge is 0.407 e. The van der Waals surface area contributed by atoms with Crippen molar-refractivity contribution in [1.82, 2.24) is 10.6 Å². The standard InChI is InChI=1S/C74H108N2O11/c1-47(2)83-73(80)75-69-53(8)45-74(81-15)44-50(5)41-52(7)66(77)39-38-48(3)40-49(4)42-68(78)84-58(13)55(10)54(9)51(6)32-26-24-22-20-18-16-17-19-21-23-25-27-33-60(43-67(69)87-74)86-71-57(12)70(56(11)59(14)85-71)76-72(79)82-46-65-63-36-30-28-34-61(63)62-35-29-31-37-64(62)65/h16-37,47-60,65-67,69-71,77H,38-46H2,1-15H3,(H,75,80)(H,76,79)/b17-16+,20-18+,21-19+,24-22+,25-23+,32-26+,33-27+/t48-,49-,50+,51+,52-,53+,54-,55-,56?,57?,58+,59?,60+,66-,67+,69-,70?,71?,74-/m1/s1. The molecule has 2 bridgehead atoms. The van der Waals surface area contributed by atoms with Gasteiger partial charge in [0.05, 0.1) is 36.6 Å². The van der Waals surface area contributed by atoms with Crippen LogP contribution < -0.4 is 10.6 Å². The number of ether oxygens (including phenoxy) is 7. The second kappa shape index (κ2) is 34.4. The number of hydrogen-bond acceptors (Lipinski definition) is 11. The van der Waals surface area contributed by atoms with E-state index in [1.807, 2.05) is 132 Å². The van der Waals surface area contributed by atoms with Crippen LogP contribution in [0.3, 0.4) is 0 Å². The maximum Gasteiger partial charge on any atom is 0.407 e. The van der Waals surface area contributed by atoms with Gasteiger partial charge in [0.2, 0.25) is 0 Å². The molecule has 5 unspecified atom stereocenters. The van der Waals surface area contributed by atoms with Gasteiger partial charge in [0, 0.05) is 56.6 Å². The van der Waals surface area contributed by atoms with Crippen molar-refractivity contribution in [3.8, 4) is 11.1 Å². The second-order valence-electron chi connectivity index (χ2n) is 26.7. The van der Waals surface area contributed by atoms with Crippen LogP contribution in [0.4, 0.5) is 9.59 Å². The molecule has 19 atom stereocenters. The molecular weight excluding hydrogens is 1090 g/mol. The normalized spacial score (nSPS) is 37.4. The molecule has 0 aromatic heterocycles.